The number of ether oxygens (including phenoxy) is 1. The molecule has 7 nitrogen and oxygen atoms in total. The van der Waals surface area contributed by atoms with Gasteiger partial charge in [-0.15, -0.1) is 0 Å². The van der Waals surface area contributed by atoms with Crippen molar-refractivity contribution in [2.24, 2.45) is 0 Å². The van der Waals surface area contributed by atoms with Gasteiger partial charge in [0.15, 0.2) is 0 Å². The second-order valence-electron chi connectivity index (χ2n) is 7.46. The molecule has 0 unspecified atom stereocenters. The molecule has 1 aliphatic carbocycles. The minimum atomic E-state index is -3.76. The van der Waals surface area contributed by atoms with Crippen molar-refractivity contribution in [1.29, 1.82) is 0 Å². The highest BCUT2D eigenvalue weighted by atomic mass is 79.9. The Labute approximate surface area is 186 Å². The van der Waals surface area contributed by atoms with Crippen LogP contribution in [0, 0.1) is 0 Å². The van der Waals surface area contributed by atoms with Gasteiger partial charge in [0.2, 0.25) is 0 Å². The largest absolute Gasteiger partial charge is 0.705 e. The fourth-order valence-electron chi connectivity index (χ4n) is 3.71. The fraction of sp³-hybridized carbons (Fsp3) is 0.571. The van der Waals surface area contributed by atoms with Crippen LogP contribution in [0.4, 0.5) is 0 Å². The van der Waals surface area contributed by atoms with E-state index in [0.717, 1.165) is 30.2 Å². The molecule has 2 rings (SSSR count). The maximum absolute atomic E-state index is 11.5. The van der Waals surface area contributed by atoms with Crippen molar-refractivity contribution < 1.29 is 32.4 Å². The SMILES string of the molecule is CC(=O)O[Si](CCCOC1CCC(c2ccc(Br)cc2)CC1)(OC(C)=O)OC(C)=O. The first kappa shape index (κ1) is 24.6. The van der Waals surface area contributed by atoms with Gasteiger partial charge in [-0.25, -0.2) is 0 Å². The van der Waals surface area contributed by atoms with Crippen LogP contribution in [0.5, 0.6) is 0 Å². The number of benzene rings is 1. The third-order valence-electron chi connectivity index (χ3n) is 4.89. The van der Waals surface area contributed by atoms with Gasteiger partial charge in [-0.1, -0.05) is 28.1 Å². The molecular weight excluding hydrogens is 472 g/mol. The van der Waals surface area contributed by atoms with Crippen LogP contribution in [0.2, 0.25) is 6.04 Å². The Morgan fingerprint density at radius 1 is 0.900 bits per heavy atom. The average Bonchev–Trinajstić information content (AvgIpc) is 2.65. The lowest BCUT2D eigenvalue weighted by atomic mass is 9.83. The molecule has 0 spiro atoms. The number of carbonyl (C=O) groups is 3. The summed E-state index contributed by atoms with van der Waals surface area (Å²) in [6, 6.07) is 8.62. The van der Waals surface area contributed by atoms with Crippen LogP contribution < -0.4 is 0 Å². The van der Waals surface area contributed by atoms with E-state index in [4.69, 9.17) is 18.0 Å². The molecule has 0 aromatic heterocycles. The third-order valence-corrected chi connectivity index (χ3v) is 8.18. The first-order valence-corrected chi connectivity index (χ1v) is 12.9. The van der Waals surface area contributed by atoms with E-state index >= 15 is 0 Å². The van der Waals surface area contributed by atoms with Gasteiger partial charge in [0.05, 0.1) is 12.1 Å². The number of hydrogen-bond donors (Lipinski definition) is 0. The van der Waals surface area contributed by atoms with E-state index in [9.17, 15) is 14.4 Å². The number of hydrogen-bond acceptors (Lipinski definition) is 7. The summed E-state index contributed by atoms with van der Waals surface area (Å²) >= 11 is 3.47. The Bertz CT molecular complexity index is 689. The third kappa shape index (κ3) is 8.20. The van der Waals surface area contributed by atoms with E-state index in [-0.39, 0.29) is 12.1 Å². The fourth-order valence-corrected chi connectivity index (χ4v) is 6.30. The van der Waals surface area contributed by atoms with Crippen molar-refractivity contribution in [3.05, 3.63) is 34.3 Å². The smallest absolute Gasteiger partial charge is 0.455 e. The molecule has 1 aliphatic rings. The van der Waals surface area contributed by atoms with Gasteiger partial charge >= 0.3 is 8.80 Å². The average molecular weight is 501 g/mol. The zero-order chi connectivity index (χ0) is 22.1. The summed E-state index contributed by atoms with van der Waals surface area (Å²) in [5.74, 6) is -1.42. The molecule has 30 heavy (non-hydrogen) atoms. The van der Waals surface area contributed by atoms with Crippen LogP contribution in [-0.4, -0.2) is 39.4 Å². The lowest BCUT2D eigenvalue weighted by Gasteiger charge is -2.29. The molecule has 0 N–H and O–H groups in total. The Balaban J connectivity index is 1.81. The van der Waals surface area contributed by atoms with Crippen LogP contribution in [0.25, 0.3) is 0 Å². The Morgan fingerprint density at radius 3 is 1.87 bits per heavy atom. The van der Waals surface area contributed by atoms with Crippen LogP contribution in [-0.2, 0) is 32.4 Å². The molecule has 9 heteroatoms. The van der Waals surface area contributed by atoms with Crippen molar-refractivity contribution in [3.63, 3.8) is 0 Å². The van der Waals surface area contributed by atoms with Gasteiger partial charge in [-0.05, 0) is 55.7 Å². The second-order valence-corrected chi connectivity index (χ2v) is 10.9. The number of rotatable bonds is 9. The minimum Gasteiger partial charge on any atom is -0.455 e. The maximum Gasteiger partial charge on any atom is 0.705 e. The maximum atomic E-state index is 11.5. The molecule has 1 fully saturated rings. The number of halogens is 1. The number of carbonyl (C=O) groups excluding carboxylic acids is 3. The van der Waals surface area contributed by atoms with E-state index in [1.807, 2.05) is 0 Å². The zero-order valence-electron chi connectivity index (χ0n) is 17.6. The monoisotopic (exact) mass is 500 g/mol. The first-order chi connectivity index (χ1) is 14.2. The summed E-state index contributed by atoms with van der Waals surface area (Å²) in [6.45, 7) is 3.98. The summed E-state index contributed by atoms with van der Waals surface area (Å²) in [4.78, 5) is 34.4. The summed E-state index contributed by atoms with van der Waals surface area (Å²) < 4.78 is 22.6. The van der Waals surface area contributed by atoms with Crippen molar-refractivity contribution >= 4 is 42.6 Å². The van der Waals surface area contributed by atoms with E-state index in [2.05, 4.69) is 40.2 Å². The van der Waals surface area contributed by atoms with Crippen LogP contribution >= 0.6 is 15.9 Å². The van der Waals surface area contributed by atoms with Crippen molar-refractivity contribution in [3.8, 4) is 0 Å². The second kappa shape index (κ2) is 11.6. The van der Waals surface area contributed by atoms with Gasteiger partial charge < -0.3 is 18.0 Å². The van der Waals surface area contributed by atoms with Gasteiger partial charge in [0.1, 0.15) is 0 Å². The van der Waals surface area contributed by atoms with Crippen LogP contribution in [0.1, 0.15) is 64.4 Å². The lowest BCUT2D eigenvalue weighted by Crippen LogP contribution is -2.49. The predicted octanol–water partition coefficient (Wildman–Crippen LogP) is 4.51. The molecule has 0 amide bonds. The van der Waals surface area contributed by atoms with E-state index < -0.39 is 26.7 Å². The van der Waals surface area contributed by atoms with Crippen molar-refractivity contribution in [2.45, 2.75) is 70.9 Å². The zero-order valence-corrected chi connectivity index (χ0v) is 20.2. The normalized spacial score (nSPS) is 19.1. The van der Waals surface area contributed by atoms with Crippen LogP contribution in [0.15, 0.2) is 28.7 Å². The summed E-state index contributed by atoms with van der Waals surface area (Å²) in [5, 5.41) is 0. The molecule has 0 bridgehead atoms. The molecule has 0 aliphatic heterocycles. The molecule has 0 saturated heterocycles. The van der Waals surface area contributed by atoms with Crippen molar-refractivity contribution in [1.82, 2.24) is 0 Å². The first-order valence-electron chi connectivity index (χ1n) is 10.1. The van der Waals surface area contributed by atoms with Gasteiger partial charge in [0.25, 0.3) is 17.9 Å². The highest BCUT2D eigenvalue weighted by Crippen LogP contribution is 2.34. The summed E-state index contributed by atoms with van der Waals surface area (Å²) in [7, 11) is -3.76. The standard InChI is InChI=1S/C21H29BrO7Si/c1-15(23)27-30(28-16(2)24,29-17(3)25)14-4-13-26-21-11-7-19(8-12-21)18-5-9-20(22)10-6-18/h5-6,9-10,19,21H,4,7-8,11-14H2,1-3H3. The molecule has 0 radical (unpaired) electrons. The highest BCUT2D eigenvalue weighted by Gasteiger charge is 2.51. The van der Waals surface area contributed by atoms with Crippen molar-refractivity contribution in [2.75, 3.05) is 6.61 Å². The molecular formula is C21H29BrO7Si. The van der Waals surface area contributed by atoms with E-state index in [1.54, 1.807) is 0 Å². The molecule has 1 saturated carbocycles. The molecule has 1 aromatic rings. The molecule has 0 heterocycles. The molecule has 1 aromatic carbocycles. The van der Waals surface area contributed by atoms with Gasteiger partial charge in [0, 0.05) is 31.9 Å². The van der Waals surface area contributed by atoms with E-state index in [0.29, 0.717) is 18.9 Å². The topological polar surface area (TPSA) is 88.1 Å². The Kier molecular flexibility index (Phi) is 9.51. The summed E-state index contributed by atoms with van der Waals surface area (Å²) in [6.07, 6.45) is 4.71. The molecule has 166 valence electrons. The quantitative estimate of drug-likeness (QED) is 0.363. The lowest BCUT2D eigenvalue weighted by molar-refractivity contribution is -0.147. The predicted molar refractivity (Wildman–Crippen MR) is 116 cm³/mol. The molecule has 0 atom stereocenters. The minimum absolute atomic E-state index is 0.139. The highest BCUT2D eigenvalue weighted by molar-refractivity contribution is 9.10. The summed E-state index contributed by atoms with van der Waals surface area (Å²) in [5.41, 5.74) is 1.36. The Morgan fingerprint density at radius 2 is 1.40 bits per heavy atom. The van der Waals surface area contributed by atoms with Gasteiger partial charge in [-0.2, -0.15) is 0 Å². The van der Waals surface area contributed by atoms with E-state index in [1.165, 1.54) is 26.3 Å². The van der Waals surface area contributed by atoms with Crippen LogP contribution in [0.3, 0.4) is 0 Å². The van der Waals surface area contributed by atoms with Gasteiger partial charge in [-0.3, -0.25) is 14.4 Å². The Hall–Kier alpha value is -1.71.